The topological polar surface area (TPSA) is 64.6 Å². The van der Waals surface area contributed by atoms with Crippen molar-refractivity contribution < 1.29 is 135 Å². The summed E-state index contributed by atoms with van der Waals surface area (Å²) in [5.74, 6) is -40.9. The van der Waals surface area contributed by atoms with Crippen LogP contribution in [0.2, 0.25) is 38.3 Å². The molecule has 0 amide bonds. The summed E-state index contributed by atoms with van der Waals surface area (Å²) >= 11 is 0. The Morgan fingerprint density at radius 1 is 0.442 bits per heavy atom. The maximum Gasteiger partial charge on any atom is 1.00 e. The van der Waals surface area contributed by atoms with E-state index in [0.717, 1.165) is 0 Å². The van der Waals surface area contributed by atoms with E-state index in [1.807, 2.05) is 0 Å². The van der Waals surface area contributed by atoms with Crippen molar-refractivity contribution in [3.05, 3.63) is 0 Å². The van der Waals surface area contributed by atoms with Gasteiger partial charge in [0, 0.05) is 12.8 Å². The van der Waals surface area contributed by atoms with E-state index in [9.17, 15) is 88.6 Å². The monoisotopic (exact) mass is 716 g/mol. The molecule has 2 unspecified atom stereocenters. The van der Waals surface area contributed by atoms with Crippen molar-refractivity contribution in [2.45, 2.75) is 99.0 Å². The van der Waals surface area contributed by atoms with Gasteiger partial charge in [0.1, 0.15) is 0 Å². The van der Waals surface area contributed by atoms with Crippen LogP contribution in [0.5, 0.6) is 0 Å². The van der Waals surface area contributed by atoms with E-state index in [4.69, 9.17) is 8.23 Å². The van der Waals surface area contributed by atoms with Crippen LogP contribution in [0.15, 0.2) is 0 Å². The van der Waals surface area contributed by atoms with Crippen molar-refractivity contribution in [3.8, 4) is 0 Å². The van der Waals surface area contributed by atoms with E-state index in [-0.39, 0.29) is 37.7 Å². The van der Waals surface area contributed by atoms with Gasteiger partial charge >= 0.3 is 94.2 Å². The number of alkyl halides is 18. The number of hydrogen-bond acceptors (Lipinski definition) is 4. The Labute approximate surface area is 258 Å². The van der Waals surface area contributed by atoms with Gasteiger partial charge in [-0.05, 0) is 25.2 Å². The molecule has 0 aliphatic heterocycles. The summed E-state index contributed by atoms with van der Waals surface area (Å²) in [6.07, 6.45) is -19.5. The van der Waals surface area contributed by atoms with Crippen LogP contribution in [0.25, 0.3) is 0 Å². The minimum atomic E-state index is -7.25. The van der Waals surface area contributed by atoms with E-state index >= 15 is 0 Å². The van der Waals surface area contributed by atoms with Gasteiger partial charge in [0.25, 0.3) is 0 Å². The molecule has 248 valence electrons. The number of halogens is 18. The molecule has 27 heteroatoms. The van der Waals surface area contributed by atoms with Crippen molar-refractivity contribution in [1.82, 2.24) is 0 Å². The maximum atomic E-state index is 13.7. The molecule has 0 aromatic carbocycles. The van der Waals surface area contributed by atoms with Gasteiger partial charge in [0.05, 0.1) is 17.1 Å². The Morgan fingerprint density at radius 2 is 0.651 bits per heavy atom. The summed E-state index contributed by atoms with van der Waals surface area (Å²) < 4.78 is 243. The molecule has 0 heterocycles. The fourth-order valence-corrected chi connectivity index (χ4v) is 14.3. The molecule has 0 bridgehead atoms. The summed E-state index contributed by atoms with van der Waals surface area (Å²) in [4.78, 5) is 24.9. The van der Waals surface area contributed by atoms with Crippen molar-refractivity contribution >= 4 is 25.7 Å². The molecule has 0 spiro atoms. The molecular formula is C16H20F18Li2O4Si3. The first-order valence-electron chi connectivity index (χ1n) is 10.5. The van der Waals surface area contributed by atoms with Crippen LogP contribution in [0.3, 0.4) is 0 Å². The molecule has 0 aromatic heterocycles. The van der Waals surface area contributed by atoms with Crippen LogP contribution >= 0.6 is 0 Å². The zero-order chi connectivity index (χ0) is 33.7. The molecule has 0 radical (unpaired) electrons. The Kier molecular flexibility index (Phi) is 15.4. The minimum Gasteiger partial charge on any atom is -0.839 e. The molecule has 4 nitrogen and oxygen atoms in total. The summed E-state index contributed by atoms with van der Waals surface area (Å²) in [5, 5.41) is 0. The summed E-state index contributed by atoms with van der Waals surface area (Å²) in [5.41, 5.74) is 0. The fourth-order valence-electron chi connectivity index (χ4n) is 3.06. The van der Waals surface area contributed by atoms with Gasteiger partial charge in [-0.25, -0.2) is 0 Å². The molecule has 0 saturated carbocycles. The number of rotatable bonds is 14. The first kappa shape index (κ1) is 47.8. The summed E-state index contributed by atoms with van der Waals surface area (Å²) in [6.45, 7) is 2.15. The second-order valence-corrected chi connectivity index (χ2v) is 19.5. The van der Waals surface area contributed by atoms with Crippen molar-refractivity contribution in [1.29, 1.82) is 0 Å². The van der Waals surface area contributed by atoms with Crippen LogP contribution in [0, 0.1) is 0 Å². The average molecular weight is 716 g/mol. The molecule has 0 rings (SSSR count). The second-order valence-electron chi connectivity index (χ2n) is 9.57. The van der Waals surface area contributed by atoms with E-state index in [0.29, 0.717) is 26.2 Å². The van der Waals surface area contributed by atoms with E-state index < -0.39 is 98.5 Å². The fraction of sp³-hybridized carbons (Fsp3) is 1.00. The smallest absolute Gasteiger partial charge is 0.839 e. The zero-order valence-electron chi connectivity index (χ0n) is 22.8. The Bertz CT molecular complexity index is 843. The molecule has 0 aliphatic rings. The first-order chi connectivity index (χ1) is 17.3. The van der Waals surface area contributed by atoms with Gasteiger partial charge in [-0.15, -0.1) is 0 Å². The molecule has 0 fully saturated rings. The van der Waals surface area contributed by atoms with E-state index in [1.165, 1.54) is 0 Å². The molecule has 0 saturated heterocycles. The third-order valence-corrected chi connectivity index (χ3v) is 14.8. The standard InChI is InChI=1S/C16H20F18O4Si3.2Li/c1-39(2,37-40(3,35)7-5-9(17,18)11(21,22)13(25,26)15(29,30)31)38-41(4,36)8-6-10(19,20)12(23,24)14(27,28)16(32,33)34;;/h5-8H2,1-4H3;;/q-2;2*+1. The van der Waals surface area contributed by atoms with Gasteiger partial charge in [0.15, 0.2) is 0 Å². The minimum absolute atomic E-state index is 0. The van der Waals surface area contributed by atoms with Gasteiger partial charge in [-0.1, -0.05) is 13.1 Å². The molecule has 43 heavy (non-hydrogen) atoms. The molecular weight excluding hydrogens is 696 g/mol. The average Bonchev–Trinajstić information content (AvgIpc) is 2.67. The van der Waals surface area contributed by atoms with Crippen molar-refractivity contribution in [3.63, 3.8) is 0 Å². The normalized spacial score (nSPS) is 17.9. The molecule has 0 aromatic rings. The predicted molar refractivity (Wildman–Crippen MR) is 104 cm³/mol. The molecule has 0 aliphatic carbocycles. The van der Waals surface area contributed by atoms with Crippen LogP contribution < -0.4 is 47.3 Å². The van der Waals surface area contributed by atoms with E-state index in [1.54, 1.807) is 0 Å². The quantitative estimate of drug-likeness (QED) is 0.192. The summed E-state index contributed by atoms with van der Waals surface area (Å²) in [6, 6.07) is -3.64. The zero-order valence-corrected chi connectivity index (χ0v) is 25.8. The summed E-state index contributed by atoms with van der Waals surface area (Å²) in [7, 11) is -14.7. The van der Waals surface area contributed by atoms with E-state index in [2.05, 4.69) is 0 Å². The second kappa shape index (κ2) is 13.9. The van der Waals surface area contributed by atoms with Gasteiger partial charge < -0.3 is 17.8 Å². The van der Waals surface area contributed by atoms with Crippen molar-refractivity contribution in [2.24, 2.45) is 0 Å². The van der Waals surface area contributed by atoms with Gasteiger partial charge in [-0.3, -0.25) is 0 Å². The van der Waals surface area contributed by atoms with Crippen LogP contribution in [0.4, 0.5) is 79.0 Å². The predicted octanol–water partition coefficient (Wildman–Crippen LogP) is 0.311. The van der Waals surface area contributed by atoms with Crippen LogP contribution in [-0.4, -0.2) is 73.6 Å². The maximum absolute atomic E-state index is 13.7. The van der Waals surface area contributed by atoms with Crippen molar-refractivity contribution in [2.75, 3.05) is 0 Å². The Morgan fingerprint density at radius 3 is 0.837 bits per heavy atom. The van der Waals surface area contributed by atoms with Gasteiger partial charge in [0.2, 0.25) is 0 Å². The molecule has 0 N–H and O–H groups in total. The SMILES string of the molecule is C[Si]([O-])(CCC(F)(F)C(F)(F)C(F)(F)C(F)(F)F)O[Si](C)(C)O[Si](C)([O-])CCC(F)(F)C(F)(F)C(F)(F)C(F)(F)F.[Li+].[Li+]. The van der Waals surface area contributed by atoms with Gasteiger partial charge in [-0.2, -0.15) is 79.0 Å². The molecule has 2 atom stereocenters. The Balaban J connectivity index is -0.00000800. The third-order valence-electron chi connectivity index (χ3n) is 5.13. The first-order valence-corrected chi connectivity index (χ1v) is 18.4. The van der Waals surface area contributed by atoms with Crippen LogP contribution in [-0.2, 0) is 8.23 Å². The third kappa shape index (κ3) is 10.7. The Hall–Kier alpha value is 0.425. The number of hydrogen-bond donors (Lipinski definition) is 0. The van der Waals surface area contributed by atoms with Crippen LogP contribution in [0.1, 0.15) is 12.8 Å². The largest absolute Gasteiger partial charge is 1.00 e.